The third-order valence-corrected chi connectivity index (χ3v) is 0.805. The van der Waals surface area contributed by atoms with Gasteiger partial charge in [-0.3, -0.25) is 4.79 Å². The number of hydrogen-bond acceptors (Lipinski definition) is 3. The molecule has 0 saturated heterocycles. The van der Waals surface area contributed by atoms with Crippen LogP contribution in [0.2, 0.25) is 0 Å². The summed E-state index contributed by atoms with van der Waals surface area (Å²) in [6.45, 7) is 1.33. The molecule has 4 N–H and O–H groups in total. The number of carboxylic acid groups (broad SMARTS) is 1. The summed E-state index contributed by atoms with van der Waals surface area (Å²) in [5.74, 6) is -1.18. The van der Waals surface area contributed by atoms with Crippen LogP contribution in [0.5, 0.6) is 0 Å². The van der Waals surface area contributed by atoms with Crippen LogP contribution in [-0.2, 0) is 4.79 Å². The third kappa shape index (κ3) is 5.32. The van der Waals surface area contributed by atoms with Crippen molar-refractivity contribution in [3.8, 4) is 0 Å². The molecule has 0 aromatic rings. The Labute approximate surface area is 93.3 Å². The van der Waals surface area contributed by atoms with Gasteiger partial charge < -0.3 is 18.8 Å². The zero-order valence-electron chi connectivity index (χ0n) is 7.24. The monoisotopic (exact) mass is 209 g/mol. The van der Waals surface area contributed by atoms with E-state index in [2.05, 4.69) is 0 Å². The quantitative estimate of drug-likeness (QED) is 0.489. The maximum Gasteiger partial charge on any atom is 2.00 e. The number of aliphatic hydroxyl groups is 1. The Bertz CT molecular complexity index is 103. The van der Waals surface area contributed by atoms with E-state index in [0.29, 0.717) is 0 Å². The molecule has 4 nitrogen and oxygen atoms in total. The largest absolute Gasteiger partial charge is 2.00 e. The second-order valence-electron chi connectivity index (χ2n) is 1.60. The fourth-order valence-electron chi connectivity index (χ4n) is 0.206. The van der Waals surface area contributed by atoms with Gasteiger partial charge in [-0.15, -0.1) is 0 Å². The van der Waals surface area contributed by atoms with Crippen molar-refractivity contribution in [1.82, 2.24) is 0 Å². The maximum absolute atomic E-state index is 9.86. The minimum atomic E-state index is -1.18. The van der Waals surface area contributed by atoms with Crippen molar-refractivity contribution >= 4 is 51.5 Å². The summed E-state index contributed by atoms with van der Waals surface area (Å²) in [5, 5.41) is 16.6. The summed E-state index contributed by atoms with van der Waals surface area (Å²) in [6.07, 6.45) is -0.979. The topological polar surface area (TPSA) is 83.5 Å². The summed E-state index contributed by atoms with van der Waals surface area (Å²) >= 11 is 0. The van der Waals surface area contributed by atoms with E-state index in [-0.39, 0.29) is 48.3 Å². The number of carbonyl (C=O) groups is 1. The first-order valence-corrected chi connectivity index (χ1v) is 2.22. The van der Waals surface area contributed by atoms with Crippen molar-refractivity contribution in [3.05, 3.63) is 0 Å². The van der Waals surface area contributed by atoms with Crippen LogP contribution in [0.15, 0.2) is 0 Å². The van der Waals surface area contributed by atoms with Gasteiger partial charge in [0.15, 0.2) is 0 Å². The first kappa shape index (κ1) is 12.5. The molecule has 52 valence electrons. The SMILES string of the molecule is C[C@@H](O)[C@H](N)C(=O)O.[H-].[H-].[Sr+2]. The van der Waals surface area contributed by atoms with Crippen molar-refractivity contribution in [2.75, 3.05) is 0 Å². The van der Waals surface area contributed by atoms with Gasteiger partial charge in [0, 0.05) is 0 Å². The van der Waals surface area contributed by atoms with Gasteiger partial charge in [-0.25, -0.2) is 0 Å². The second kappa shape index (κ2) is 5.64. The predicted molar refractivity (Wildman–Crippen MR) is 35.3 cm³/mol. The van der Waals surface area contributed by atoms with Gasteiger partial charge in [-0.2, -0.15) is 0 Å². The number of rotatable bonds is 2. The van der Waals surface area contributed by atoms with Gasteiger partial charge in [-0.05, 0) is 6.92 Å². The van der Waals surface area contributed by atoms with E-state index < -0.39 is 18.1 Å². The van der Waals surface area contributed by atoms with Crippen LogP contribution in [0.1, 0.15) is 9.78 Å². The van der Waals surface area contributed by atoms with Crippen LogP contribution < -0.4 is 5.73 Å². The van der Waals surface area contributed by atoms with E-state index in [9.17, 15) is 4.79 Å². The minimum absolute atomic E-state index is 0. The predicted octanol–water partition coefficient (Wildman–Crippen LogP) is -1.38. The summed E-state index contributed by atoms with van der Waals surface area (Å²) in [6, 6.07) is -1.16. The summed E-state index contributed by atoms with van der Waals surface area (Å²) in [5.41, 5.74) is 4.91. The molecule has 9 heavy (non-hydrogen) atoms. The Hall–Kier alpha value is 0.871. The zero-order chi connectivity index (χ0) is 6.73. The van der Waals surface area contributed by atoms with Crippen LogP contribution >= 0.6 is 0 Å². The number of aliphatic carboxylic acids is 1. The van der Waals surface area contributed by atoms with E-state index in [1.807, 2.05) is 0 Å². The number of aliphatic hydroxyl groups excluding tert-OH is 1. The first-order valence-electron chi connectivity index (χ1n) is 2.22. The molecule has 0 spiro atoms. The van der Waals surface area contributed by atoms with E-state index in [0.717, 1.165) is 0 Å². The summed E-state index contributed by atoms with van der Waals surface area (Å²) in [7, 11) is 0. The molecule has 5 heteroatoms. The fraction of sp³-hybridized carbons (Fsp3) is 0.750. The van der Waals surface area contributed by atoms with Crippen LogP contribution in [0.25, 0.3) is 0 Å². The Kier molecular flexibility index (Phi) is 7.86. The molecule has 0 aromatic carbocycles. The molecule has 0 aliphatic heterocycles. The Balaban J connectivity index is -0.0000000817. The third-order valence-electron chi connectivity index (χ3n) is 0.805. The van der Waals surface area contributed by atoms with Gasteiger partial charge in [0.25, 0.3) is 0 Å². The molecule has 0 bridgehead atoms. The van der Waals surface area contributed by atoms with Gasteiger partial charge in [0.1, 0.15) is 6.04 Å². The molecular formula is C4H11NO3Sr. The van der Waals surface area contributed by atoms with Crippen molar-refractivity contribution in [3.63, 3.8) is 0 Å². The Morgan fingerprint density at radius 3 is 2.11 bits per heavy atom. The second-order valence-corrected chi connectivity index (χ2v) is 1.60. The molecular weight excluding hydrogens is 198 g/mol. The zero-order valence-corrected chi connectivity index (χ0v) is 8.72. The molecule has 0 rings (SSSR count). The van der Waals surface area contributed by atoms with E-state index >= 15 is 0 Å². The molecule has 0 aliphatic carbocycles. The molecule has 2 atom stereocenters. The number of carboxylic acids is 1. The molecule has 0 heterocycles. The Morgan fingerprint density at radius 2 is 2.11 bits per heavy atom. The van der Waals surface area contributed by atoms with E-state index in [1.54, 1.807) is 0 Å². The first-order chi connectivity index (χ1) is 3.55. The van der Waals surface area contributed by atoms with Crippen molar-refractivity contribution in [2.24, 2.45) is 5.73 Å². The standard InChI is InChI=1S/C4H9NO3.Sr.2H/c1-2(6)3(5)4(7)8;;;/h2-3,6H,5H2,1H3,(H,7,8);;;/q;+2;2*-1/t2-,3+;;;/m1.../s1. The van der Waals surface area contributed by atoms with E-state index in [1.165, 1.54) is 6.92 Å². The van der Waals surface area contributed by atoms with Gasteiger partial charge in [-0.1, -0.05) is 0 Å². The molecule has 0 unspecified atom stereocenters. The van der Waals surface area contributed by atoms with Gasteiger partial charge in [0.05, 0.1) is 6.10 Å². The van der Waals surface area contributed by atoms with E-state index in [4.69, 9.17) is 15.9 Å². The maximum atomic E-state index is 9.86. The normalized spacial score (nSPS) is 15.4. The minimum Gasteiger partial charge on any atom is -1.00 e. The van der Waals surface area contributed by atoms with Gasteiger partial charge >= 0.3 is 51.5 Å². The smallest absolute Gasteiger partial charge is 1.00 e. The molecule has 0 aromatic heterocycles. The average Bonchev–Trinajstić information content (AvgIpc) is 1.64. The molecule has 0 fully saturated rings. The summed E-state index contributed by atoms with van der Waals surface area (Å²) in [4.78, 5) is 9.86. The molecule has 0 saturated carbocycles. The van der Waals surface area contributed by atoms with Crippen LogP contribution in [0.3, 0.4) is 0 Å². The van der Waals surface area contributed by atoms with Crippen LogP contribution in [0, 0.1) is 0 Å². The Morgan fingerprint density at radius 1 is 1.78 bits per heavy atom. The number of hydrogen-bond donors (Lipinski definition) is 3. The number of nitrogens with two attached hydrogens (primary N) is 1. The molecule has 0 aliphatic rings. The van der Waals surface area contributed by atoms with Crippen molar-refractivity contribution in [2.45, 2.75) is 19.1 Å². The molecule has 0 amide bonds. The van der Waals surface area contributed by atoms with Crippen LogP contribution in [0.4, 0.5) is 0 Å². The van der Waals surface area contributed by atoms with Crippen LogP contribution in [-0.4, -0.2) is 73.8 Å². The van der Waals surface area contributed by atoms with Crippen molar-refractivity contribution in [1.29, 1.82) is 0 Å². The van der Waals surface area contributed by atoms with Crippen molar-refractivity contribution < 1.29 is 17.9 Å². The average molecular weight is 209 g/mol. The molecule has 0 radical (unpaired) electrons. The van der Waals surface area contributed by atoms with Gasteiger partial charge in [0.2, 0.25) is 0 Å². The summed E-state index contributed by atoms with van der Waals surface area (Å²) < 4.78 is 0. The fourth-order valence-corrected chi connectivity index (χ4v) is 0.206.